The maximum absolute atomic E-state index is 15.4. The van der Waals surface area contributed by atoms with Gasteiger partial charge in [-0.25, -0.2) is 9.78 Å². The number of nitrogens with zero attached hydrogens (tertiary/aromatic N) is 1. The Morgan fingerprint density at radius 1 is 0.570 bits per heavy atom. The van der Waals surface area contributed by atoms with Gasteiger partial charge in [-0.1, -0.05) is 144 Å². The molecule has 13 amide bonds. The second kappa shape index (κ2) is 49.1. The monoisotopic (exact) mass is 1830 g/mol. The van der Waals surface area contributed by atoms with Crippen molar-refractivity contribution in [3.8, 4) is 5.75 Å². The molecule has 3 aromatic carbocycles. The second-order valence-corrected chi connectivity index (χ2v) is 34.4. The van der Waals surface area contributed by atoms with E-state index in [0.717, 1.165) is 32.5 Å². The van der Waals surface area contributed by atoms with E-state index in [4.69, 9.17) is 5.73 Å². The highest BCUT2D eigenvalue weighted by Gasteiger charge is 2.41. The number of nitrogens with two attached hydrogens (primary N) is 1. The third kappa shape index (κ3) is 31.9. The fourth-order valence-electron chi connectivity index (χ4n) is 13.1. The van der Waals surface area contributed by atoms with Crippen LogP contribution in [0.2, 0.25) is 0 Å². The first kappa shape index (κ1) is 98.9. The minimum absolute atomic E-state index is 0.0737. The number of aromatic amines is 2. The highest BCUT2D eigenvalue weighted by atomic mass is 127. The van der Waals surface area contributed by atoms with Crippen LogP contribution in [0.1, 0.15) is 142 Å². The van der Waals surface area contributed by atoms with Gasteiger partial charge in [0.2, 0.25) is 76.8 Å². The summed E-state index contributed by atoms with van der Waals surface area (Å²) in [6.45, 7) is 14.7. The number of imidazole rings is 1. The maximum atomic E-state index is 15.4. The number of carboxylic acids is 3. The summed E-state index contributed by atoms with van der Waals surface area (Å²) >= 11 is 1.87. The number of para-hydroxylation sites is 1. The zero-order valence-electron chi connectivity index (χ0n) is 68.8. The predicted molar refractivity (Wildman–Crippen MR) is 458 cm³/mol. The number of nitrogens with one attached hydrogen (secondary N) is 15. The van der Waals surface area contributed by atoms with Crippen LogP contribution in [0.4, 0.5) is 0 Å². The molecule has 660 valence electrons. The Bertz CT molecular complexity index is 4430. The molecule has 1 fully saturated rings. The zero-order chi connectivity index (χ0) is 89.3. The molecule has 15 atom stereocenters. The Hall–Kier alpha value is -10.9. The van der Waals surface area contributed by atoms with Crippen LogP contribution in [0.5, 0.6) is 5.75 Å². The van der Waals surface area contributed by atoms with Crippen molar-refractivity contribution in [3.63, 3.8) is 0 Å². The summed E-state index contributed by atoms with van der Waals surface area (Å²) in [5.41, 5.74) is 8.13. The summed E-state index contributed by atoms with van der Waals surface area (Å²) in [4.78, 5) is 237. The Labute approximate surface area is 721 Å². The average Bonchev–Trinajstić information content (AvgIpc) is 1.66. The van der Waals surface area contributed by atoms with Gasteiger partial charge in [0.25, 0.3) is 0 Å². The van der Waals surface area contributed by atoms with Crippen LogP contribution in [-0.4, -0.2) is 227 Å². The molecule has 1 aliphatic heterocycles. The summed E-state index contributed by atoms with van der Waals surface area (Å²) in [5, 5.41) is 75.7. The predicted octanol–water partition coefficient (Wildman–Crippen LogP) is 1.54. The normalized spacial score (nSPS) is 18.6. The molecule has 37 nitrogen and oxygen atoms in total. The molecule has 0 spiro atoms. The Balaban J connectivity index is 1.34. The number of H-pyrrole nitrogens is 2. The molecule has 3 heterocycles. The molecule has 1 aliphatic rings. The third-order valence-corrected chi connectivity index (χ3v) is 23.5. The van der Waals surface area contributed by atoms with Crippen LogP contribution >= 0.6 is 44.2 Å². The molecule has 121 heavy (non-hydrogen) atoms. The molecule has 21 N–H and O–H groups in total. The number of hydrogen-bond donors (Lipinski definition) is 20. The first-order valence-electron chi connectivity index (χ1n) is 40.0. The van der Waals surface area contributed by atoms with E-state index in [1.54, 1.807) is 122 Å². The van der Waals surface area contributed by atoms with E-state index in [0.29, 0.717) is 39.5 Å². The molecule has 40 heteroatoms. The van der Waals surface area contributed by atoms with Crippen molar-refractivity contribution in [1.82, 2.24) is 84.1 Å². The fourth-order valence-corrected chi connectivity index (χ4v) is 16.0. The molecule has 2 aromatic heterocycles. The molecule has 6 rings (SSSR count). The first-order valence-corrected chi connectivity index (χ1v) is 43.5. The summed E-state index contributed by atoms with van der Waals surface area (Å²) in [5.74, 6) is -20.3. The molecule has 1 saturated heterocycles. The van der Waals surface area contributed by atoms with E-state index >= 15 is 19.2 Å². The standard InChI is InChI=1S/C81H112IN17O20S2/c1-10-43(7)67(79(116)94-60(81(118)119)33-48-36-85-52-22-16-15-21-50(48)52)99-80(117)68(44(8)11-2)98-75(112)59(35-65(104)105)92-71(108)55(29-41(3)4)89-74(111)58(34-49-37-84-40-86-49)91-76(113)61-38-120-121-39-62(95-70(107)54(25-27-64(102)103)88-69(106)53(87-45(9)100)23-17-18-28-83)77(114)97-66(42(5)6)78(115)93-57(32-47-24-26-63(101)51(82)30-47)72(109)90-56(73(110)96-61)31-46-19-13-12-14-20-46/h12-16,19-22,24,26,30,36-37,40-44,53-62,66-68,85,101H,10-11,17-18,23,25,27-29,31-35,38-39,83H2,1-9H3,(H,84,86)(H,87,100)(H,88,106)(H,89,111)(H,90,109)(H,91,113)(H,92,108)(H,93,115)(H,94,116)(H,95,107)(H,96,110)(H,97,114)(H,98,112)(H,99,117)(H,102,103)(H,104,105)(H,118,119)/t43-,44-,53-,54-,55-,56-,57-,58-,59-,60-,61-,62-,66-,67-,68-/m0/s1. The topological polar surface area (TPSA) is 581 Å². The van der Waals surface area contributed by atoms with E-state index in [1.807, 2.05) is 22.6 Å². The van der Waals surface area contributed by atoms with Crippen molar-refractivity contribution >= 4 is 150 Å². The number of fused-ring (bicyclic) bond motifs is 1. The number of carbonyl (C=O) groups is 16. The summed E-state index contributed by atoms with van der Waals surface area (Å²) < 4.78 is 0.367. The van der Waals surface area contributed by atoms with Crippen molar-refractivity contribution in [2.24, 2.45) is 29.4 Å². The number of rotatable bonds is 42. The number of aromatic nitrogens is 3. The number of halogens is 1. The molecule has 0 radical (unpaired) electrons. The molecule has 5 aromatic rings. The molecular formula is C81H112IN17O20S2. The number of carboxylic acid groups (broad SMARTS) is 3. The maximum Gasteiger partial charge on any atom is 0.326 e. The van der Waals surface area contributed by atoms with Gasteiger partial charge < -0.3 is 105 Å². The van der Waals surface area contributed by atoms with E-state index in [9.17, 15) is 78.0 Å². The number of benzene rings is 3. The van der Waals surface area contributed by atoms with Crippen LogP contribution in [0, 0.1) is 27.2 Å². The number of phenolic OH excluding ortho intramolecular Hbond substituents is 1. The summed E-state index contributed by atoms with van der Waals surface area (Å²) in [6.07, 6.45) is 2.24. The highest BCUT2D eigenvalue weighted by molar-refractivity contribution is 14.1. The molecular weight excluding hydrogens is 1720 g/mol. The largest absolute Gasteiger partial charge is 0.507 e. The van der Waals surface area contributed by atoms with Crippen LogP contribution < -0.4 is 74.9 Å². The van der Waals surface area contributed by atoms with Gasteiger partial charge >= 0.3 is 17.9 Å². The van der Waals surface area contributed by atoms with Crippen LogP contribution in [0.25, 0.3) is 10.9 Å². The van der Waals surface area contributed by atoms with Gasteiger partial charge in [-0.3, -0.25) is 71.9 Å². The lowest BCUT2D eigenvalue weighted by Crippen LogP contribution is -2.62. The highest BCUT2D eigenvalue weighted by Crippen LogP contribution is 2.27. The molecule has 0 bridgehead atoms. The summed E-state index contributed by atoms with van der Waals surface area (Å²) in [6, 6.07) is -0.437. The fraction of sp³-hybridized carbons (Fsp3) is 0.519. The number of carbonyl (C=O) groups excluding carboxylic acids is 13. The second-order valence-electron chi connectivity index (χ2n) is 30.6. The number of phenols is 1. The van der Waals surface area contributed by atoms with E-state index in [2.05, 4.69) is 84.1 Å². The molecule has 0 aliphatic carbocycles. The van der Waals surface area contributed by atoms with Gasteiger partial charge in [-0.15, -0.1) is 0 Å². The van der Waals surface area contributed by atoms with Crippen LogP contribution in [0.15, 0.2) is 91.5 Å². The zero-order valence-corrected chi connectivity index (χ0v) is 72.6. The van der Waals surface area contributed by atoms with Gasteiger partial charge in [0.05, 0.1) is 22.0 Å². The van der Waals surface area contributed by atoms with Crippen molar-refractivity contribution < 1.29 is 97.1 Å². The van der Waals surface area contributed by atoms with Gasteiger partial charge in [0, 0.05) is 73.8 Å². The van der Waals surface area contributed by atoms with Crippen LogP contribution in [-0.2, 0) is 102 Å². The lowest BCUT2D eigenvalue weighted by molar-refractivity contribution is -0.143. The van der Waals surface area contributed by atoms with Gasteiger partial charge in [0.1, 0.15) is 84.3 Å². The number of aliphatic carboxylic acids is 3. The van der Waals surface area contributed by atoms with Crippen molar-refractivity contribution in [2.75, 3.05) is 18.1 Å². The quantitative estimate of drug-likeness (QED) is 0.0150. The minimum Gasteiger partial charge on any atom is -0.507 e. The average molecular weight is 1830 g/mol. The molecule has 0 unspecified atom stereocenters. The number of aromatic hydroxyl groups is 1. The smallest absolute Gasteiger partial charge is 0.326 e. The van der Waals surface area contributed by atoms with E-state index in [1.165, 1.54) is 31.6 Å². The Morgan fingerprint density at radius 2 is 1.14 bits per heavy atom. The lowest BCUT2D eigenvalue weighted by atomic mass is 9.94. The first-order chi connectivity index (χ1) is 57.4. The van der Waals surface area contributed by atoms with E-state index in [-0.39, 0.29) is 56.5 Å². The van der Waals surface area contributed by atoms with Gasteiger partial charge in [-0.2, -0.15) is 0 Å². The van der Waals surface area contributed by atoms with E-state index < -0.39 is 234 Å². The minimum atomic E-state index is -1.95. The SMILES string of the molecule is CC[C@H](C)[C@H](NC(=O)[C@H](CC(=O)O)NC(=O)[C@H](CC(C)C)NC(=O)[C@H](Cc1c[nH]cn1)NC(=O)[C@@H]1CSSC[C@H](NC(=O)[C@H](CCC(=O)O)NC(=O)[C@H](CCCCN)NC(C)=O)C(=O)N[C@@H](C(C)C)C(=O)N[C@@H](Cc2ccc(O)c(I)c2)C(=O)N[C@@H](Cc2ccccc2)C(=O)N1)C(=O)N[C@H](C(=O)N[C@@H](Cc1c[nH]c2ccccc12)C(=O)O)[C@@H](C)CC. The van der Waals surface area contributed by atoms with Crippen molar-refractivity contribution in [2.45, 2.75) is 224 Å². The van der Waals surface area contributed by atoms with Gasteiger partial charge in [0.15, 0.2) is 0 Å². The lowest BCUT2D eigenvalue weighted by Gasteiger charge is -2.31. The number of hydrogen-bond acceptors (Lipinski definition) is 21. The summed E-state index contributed by atoms with van der Waals surface area (Å²) in [7, 11) is 1.70. The number of amides is 13. The van der Waals surface area contributed by atoms with Crippen molar-refractivity contribution in [1.29, 1.82) is 0 Å². The van der Waals surface area contributed by atoms with Crippen LogP contribution in [0.3, 0.4) is 0 Å². The van der Waals surface area contributed by atoms with Gasteiger partial charge in [-0.05, 0) is 120 Å². The molecule has 0 saturated carbocycles. The number of unbranched alkanes of at least 4 members (excludes halogenated alkanes) is 1. The Morgan fingerprint density at radius 3 is 1.74 bits per heavy atom. The third-order valence-electron chi connectivity index (χ3n) is 20.2. The van der Waals surface area contributed by atoms with Crippen molar-refractivity contribution in [3.05, 3.63) is 117 Å². The Kier molecular flexibility index (Phi) is 40.2.